The Morgan fingerprint density at radius 2 is 1.85 bits per heavy atom. The van der Waals surface area contributed by atoms with E-state index in [4.69, 9.17) is 4.74 Å². The lowest BCUT2D eigenvalue weighted by Gasteiger charge is -2.38. The van der Waals surface area contributed by atoms with Crippen LogP contribution in [0.2, 0.25) is 0 Å². The van der Waals surface area contributed by atoms with Crippen molar-refractivity contribution in [2.45, 2.75) is 52.0 Å². The molecule has 0 aromatic rings. The van der Waals surface area contributed by atoms with Crippen molar-refractivity contribution >= 4 is 5.96 Å². The molecule has 2 rings (SSSR count). The molecule has 2 aliphatic rings. The molecule has 0 bridgehead atoms. The van der Waals surface area contributed by atoms with Crippen molar-refractivity contribution in [3.63, 3.8) is 0 Å². The highest BCUT2D eigenvalue weighted by Gasteiger charge is 2.33. The maximum atomic E-state index is 5.34. The summed E-state index contributed by atoms with van der Waals surface area (Å²) in [5.74, 6) is 0.938. The first kappa shape index (κ1) is 21.5. The molecule has 6 nitrogen and oxygen atoms in total. The fourth-order valence-corrected chi connectivity index (χ4v) is 4.34. The van der Waals surface area contributed by atoms with E-state index in [0.29, 0.717) is 11.5 Å². The zero-order valence-corrected chi connectivity index (χ0v) is 17.5. The van der Waals surface area contributed by atoms with Gasteiger partial charge in [0.1, 0.15) is 0 Å². The number of guanidine groups is 1. The molecule has 2 fully saturated rings. The first-order valence-electron chi connectivity index (χ1n) is 10.5. The molecule has 1 heterocycles. The highest BCUT2D eigenvalue weighted by molar-refractivity contribution is 5.79. The fraction of sp³-hybridized carbons (Fsp3) is 0.950. The summed E-state index contributed by atoms with van der Waals surface area (Å²) in [6.45, 7) is 13.3. The van der Waals surface area contributed by atoms with E-state index in [1.165, 1.54) is 58.4 Å². The van der Waals surface area contributed by atoms with Gasteiger partial charge in [-0.25, -0.2) is 0 Å². The van der Waals surface area contributed by atoms with E-state index in [2.05, 4.69) is 39.3 Å². The van der Waals surface area contributed by atoms with Gasteiger partial charge in [0.25, 0.3) is 0 Å². The van der Waals surface area contributed by atoms with Crippen LogP contribution in [0, 0.1) is 5.41 Å². The quantitative estimate of drug-likeness (QED) is 0.481. The summed E-state index contributed by atoms with van der Waals surface area (Å²) < 4.78 is 5.34. The second-order valence-electron chi connectivity index (χ2n) is 8.08. The monoisotopic (exact) mass is 367 g/mol. The average Bonchev–Trinajstić information content (AvgIpc) is 3.15. The Bertz CT molecular complexity index is 414. The molecule has 0 spiro atoms. The van der Waals surface area contributed by atoms with Crippen LogP contribution in [-0.2, 0) is 4.74 Å². The molecule has 26 heavy (non-hydrogen) atoms. The lowest BCUT2D eigenvalue weighted by Crippen LogP contribution is -2.53. The minimum atomic E-state index is 0.385. The Hall–Kier alpha value is -0.850. The van der Waals surface area contributed by atoms with Gasteiger partial charge in [-0.3, -0.25) is 9.89 Å². The summed E-state index contributed by atoms with van der Waals surface area (Å²) in [6, 6.07) is 0.529. The Kier molecular flexibility index (Phi) is 9.16. The molecule has 0 amide bonds. The normalized spacial score (nSPS) is 23.2. The van der Waals surface area contributed by atoms with E-state index >= 15 is 0 Å². The first-order chi connectivity index (χ1) is 12.6. The minimum Gasteiger partial charge on any atom is -0.385 e. The molecule has 1 saturated carbocycles. The van der Waals surface area contributed by atoms with Crippen molar-refractivity contribution in [3.8, 4) is 0 Å². The van der Waals surface area contributed by atoms with Crippen LogP contribution in [0.1, 0.15) is 46.0 Å². The minimum absolute atomic E-state index is 0.385. The van der Waals surface area contributed by atoms with E-state index < -0.39 is 0 Å². The average molecular weight is 368 g/mol. The van der Waals surface area contributed by atoms with Crippen molar-refractivity contribution in [2.75, 3.05) is 66.6 Å². The molecule has 1 saturated heterocycles. The molecule has 1 aliphatic heterocycles. The van der Waals surface area contributed by atoms with Crippen LogP contribution in [0.25, 0.3) is 0 Å². The van der Waals surface area contributed by atoms with Gasteiger partial charge in [0, 0.05) is 66.1 Å². The van der Waals surface area contributed by atoms with Crippen LogP contribution in [0.5, 0.6) is 0 Å². The molecule has 2 N–H and O–H groups in total. The summed E-state index contributed by atoms with van der Waals surface area (Å²) in [4.78, 5) is 9.55. The lowest BCUT2D eigenvalue weighted by molar-refractivity contribution is 0.107. The van der Waals surface area contributed by atoms with Crippen LogP contribution in [0.3, 0.4) is 0 Å². The third-order valence-corrected chi connectivity index (χ3v) is 6.40. The van der Waals surface area contributed by atoms with Crippen molar-refractivity contribution < 1.29 is 4.74 Å². The van der Waals surface area contributed by atoms with E-state index in [-0.39, 0.29) is 0 Å². The summed E-state index contributed by atoms with van der Waals surface area (Å²) in [7, 11) is 3.68. The number of methoxy groups -OCH3 is 1. The highest BCUT2D eigenvalue weighted by Crippen LogP contribution is 2.40. The number of aliphatic imine (C=N–C) groups is 1. The van der Waals surface area contributed by atoms with Crippen molar-refractivity contribution in [2.24, 2.45) is 10.4 Å². The maximum Gasteiger partial charge on any atom is 0.191 e. The molecule has 1 atom stereocenters. The lowest BCUT2D eigenvalue weighted by atomic mass is 9.83. The van der Waals surface area contributed by atoms with Gasteiger partial charge in [0.2, 0.25) is 0 Å². The zero-order chi connectivity index (χ0) is 18.8. The van der Waals surface area contributed by atoms with Crippen molar-refractivity contribution in [1.29, 1.82) is 0 Å². The SMILES string of the molecule is CCN1CCN(C(C)CNC(=NC)NCC2(CCOC)CCCC2)CC1. The standard InChI is InChI=1S/C20H41N5O/c1-5-24-11-13-25(14-12-24)18(2)16-22-19(21-3)23-17-20(10-15-26-4)8-6-7-9-20/h18H,5-17H2,1-4H3,(H2,21,22,23). The summed E-state index contributed by atoms with van der Waals surface area (Å²) in [6.07, 6.45) is 6.44. The maximum absolute atomic E-state index is 5.34. The molecule has 0 aromatic heterocycles. The molecule has 0 radical (unpaired) electrons. The smallest absolute Gasteiger partial charge is 0.191 e. The summed E-state index contributed by atoms with van der Waals surface area (Å²) in [5.41, 5.74) is 0.385. The highest BCUT2D eigenvalue weighted by atomic mass is 16.5. The molecular weight excluding hydrogens is 326 g/mol. The van der Waals surface area contributed by atoms with Crippen molar-refractivity contribution in [3.05, 3.63) is 0 Å². The Balaban J connectivity index is 1.73. The van der Waals surface area contributed by atoms with Gasteiger partial charge in [0.15, 0.2) is 5.96 Å². The van der Waals surface area contributed by atoms with Gasteiger partial charge in [0.05, 0.1) is 0 Å². The predicted octanol–water partition coefficient (Wildman–Crippen LogP) is 1.77. The van der Waals surface area contributed by atoms with Crippen LogP contribution in [0.4, 0.5) is 0 Å². The molecular formula is C20H41N5O. The van der Waals surface area contributed by atoms with Crippen LogP contribution < -0.4 is 10.6 Å². The second-order valence-corrected chi connectivity index (χ2v) is 8.08. The number of rotatable bonds is 9. The molecule has 0 aromatic carbocycles. The summed E-state index contributed by atoms with van der Waals surface area (Å²) in [5, 5.41) is 7.13. The number of nitrogens with one attached hydrogen (secondary N) is 2. The number of nitrogens with zero attached hydrogens (tertiary/aromatic N) is 3. The Morgan fingerprint density at radius 1 is 1.15 bits per heavy atom. The van der Waals surface area contributed by atoms with Gasteiger partial charge in [-0.2, -0.15) is 0 Å². The molecule has 1 unspecified atom stereocenters. The molecule has 1 aliphatic carbocycles. The van der Waals surface area contributed by atoms with Gasteiger partial charge in [-0.05, 0) is 38.1 Å². The third kappa shape index (κ3) is 6.39. The van der Waals surface area contributed by atoms with E-state index in [9.17, 15) is 0 Å². The zero-order valence-electron chi connectivity index (χ0n) is 17.5. The van der Waals surface area contributed by atoms with Crippen molar-refractivity contribution in [1.82, 2.24) is 20.4 Å². The van der Waals surface area contributed by atoms with E-state index in [0.717, 1.165) is 32.1 Å². The van der Waals surface area contributed by atoms with Gasteiger partial charge < -0.3 is 20.3 Å². The number of piperazine rings is 1. The number of hydrogen-bond donors (Lipinski definition) is 2. The third-order valence-electron chi connectivity index (χ3n) is 6.40. The Labute approximate surface area is 160 Å². The predicted molar refractivity (Wildman–Crippen MR) is 110 cm³/mol. The van der Waals surface area contributed by atoms with Crippen LogP contribution in [0.15, 0.2) is 4.99 Å². The van der Waals surface area contributed by atoms with Crippen LogP contribution >= 0.6 is 0 Å². The number of likely N-dealkylation sites (N-methyl/N-ethyl adjacent to an activating group) is 1. The molecule has 152 valence electrons. The van der Waals surface area contributed by atoms with Gasteiger partial charge >= 0.3 is 0 Å². The summed E-state index contributed by atoms with van der Waals surface area (Å²) >= 11 is 0. The molecule has 6 heteroatoms. The Morgan fingerprint density at radius 3 is 2.42 bits per heavy atom. The fourth-order valence-electron chi connectivity index (χ4n) is 4.34. The topological polar surface area (TPSA) is 52.1 Å². The first-order valence-corrected chi connectivity index (χ1v) is 10.5. The van der Waals surface area contributed by atoms with E-state index in [1.807, 2.05) is 7.05 Å². The van der Waals surface area contributed by atoms with Gasteiger partial charge in [-0.1, -0.05) is 19.8 Å². The van der Waals surface area contributed by atoms with Gasteiger partial charge in [-0.15, -0.1) is 0 Å². The largest absolute Gasteiger partial charge is 0.385 e. The second kappa shape index (κ2) is 11.1. The van der Waals surface area contributed by atoms with Crippen LogP contribution in [-0.4, -0.2) is 88.4 Å². The number of hydrogen-bond acceptors (Lipinski definition) is 4. The number of ether oxygens (including phenoxy) is 1. The van der Waals surface area contributed by atoms with E-state index in [1.54, 1.807) is 7.11 Å².